The highest BCUT2D eigenvalue weighted by Crippen LogP contribution is 2.25. The van der Waals surface area contributed by atoms with Gasteiger partial charge in [0.15, 0.2) is 0 Å². The molecule has 7 heteroatoms. The van der Waals surface area contributed by atoms with Gasteiger partial charge < -0.3 is 5.32 Å². The summed E-state index contributed by atoms with van der Waals surface area (Å²) in [6.45, 7) is 7.41. The molecule has 0 aliphatic heterocycles. The molecular formula is C23H23Cl2N5. The molecule has 0 bridgehead atoms. The Labute approximate surface area is 186 Å². The molecule has 4 rings (SSSR count). The van der Waals surface area contributed by atoms with E-state index in [0.29, 0.717) is 23.3 Å². The van der Waals surface area contributed by atoms with Gasteiger partial charge in [0.05, 0.1) is 22.8 Å². The number of benzene rings is 2. The summed E-state index contributed by atoms with van der Waals surface area (Å²) in [6, 6.07) is 17.7. The van der Waals surface area contributed by atoms with E-state index in [4.69, 9.17) is 28.3 Å². The maximum atomic E-state index is 6.65. The molecule has 1 N–H and O–H groups in total. The SMILES string of the molecule is Cc1nn(-c2ccccc2)c(C)c1CNCc1c(C)nn(-c2cccc(Cl)c2)c1Cl. The summed E-state index contributed by atoms with van der Waals surface area (Å²) in [5.74, 6) is 0. The molecule has 2 aromatic carbocycles. The Hall–Kier alpha value is -2.60. The Morgan fingerprint density at radius 1 is 0.767 bits per heavy atom. The monoisotopic (exact) mass is 439 g/mol. The molecule has 154 valence electrons. The lowest BCUT2D eigenvalue weighted by Crippen LogP contribution is -2.14. The van der Waals surface area contributed by atoms with Gasteiger partial charge in [-0.2, -0.15) is 10.2 Å². The lowest BCUT2D eigenvalue weighted by atomic mass is 10.2. The van der Waals surface area contributed by atoms with Crippen molar-refractivity contribution in [1.29, 1.82) is 0 Å². The highest BCUT2D eigenvalue weighted by Gasteiger charge is 2.16. The average molecular weight is 440 g/mol. The second-order valence-corrected chi connectivity index (χ2v) is 8.04. The van der Waals surface area contributed by atoms with Crippen molar-refractivity contribution in [1.82, 2.24) is 24.9 Å². The molecular weight excluding hydrogens is 417 g/mol. The van der Waals surface area contributed by atoms with Crippen LogP contribution in [-0.4, -0.2) is 19.6 Å². The Balaban J connectivity index is 1.51. The van der Waals surface area contributed by atoms with Gasteiger partial charge in [-0.15, -0.1) is 0 Å². The minimum absolute atomic E-state index is 0.593. The van der Waals surface area contributed by atoms with E-state index < -0.39 is 0 Å². The quantitative estimate of drug-likeness (QED) is 0.426. The van der Waals surface area contributed by atoms with Crippen LogP contribution in [0.2, 0.25) is 10.2 Å². The third-order valence-electron chi connectivity index (χ3n) is 5.22. The van der Waals surface area contributed by atoms with E-state index in [0.717, 1.165) is 34.0 Å². The normalized spacial score (nSPS) is 11.2. The van der Waals surface area contributed by atoms with Gasteiger partial charge in [-0.25, -0.2) is 9.36 Å². The number of hydrogen-bond donors (Lipinski definition) is 1. The van der Waals surface area contributed by atoms with Crippen LogP contribution in [-0.2, 0) is 13.1 Å². The Morgan fingerprint density at radius 3 is 2.13 bits per heavy atom. The third kappa shape index (κ3) is 4.01. The van der Waals surface area contributed by atoms with Crippen molar-refractivity contribution in [2.24, 2.45) is 0 Å². The zero-order valence-electron chi connectivity index (χ0n) is 17.2. The number of hydrogen-bond acceptors (Lipinski definition) is 3. The fraction of sp³-hybridized carbons (Fsp3) is 0.217. The van der Waals surface area contributed by atoms with E-state index in [1.165, 1.54) is 5.56 Å². The van der Waals surface area contributed by atoms with Crippen LogP contribution in [0.5, 0.6) is 0 Å². The maximum absolute atomic E-state index is 6.65. The number of nitrogens with one attached hydrogen (secondary N) is 1. The van der Waals surface area contributed by atoms with Gasteiger partial charge in [-0.1, -0.05) is 47.5 Å². The van der Waals surface area contributed by atoms with E-state index in [9.17, 15) is 0 Å². The van der Waals surface area contributed by atoms with Crippen LogP contribution >= 0.6 is 23.2 Å². The second-order valence-electron chi connectivity index (χ2n) is 7.25. The summed E-state index contributed by atoms with van der Waals surface area (Å²) in [4.78, 5) is 0. The molecule has 4 aromatic rings. The van der Waals surface area contributed by atoms with Gasteiger partial charge >= 0.3 is 0 Å². The molecule has 30 heavy (non-hydrogen) atoms. The topological polar surface area (TPSA) is 47.7 Å². The minimum Gasteiger partial charge on any atom is -0.308 e. The fourth-order valence-corrected chi connectivity index (χ4v) is 4.10. The van der Waals surface area contributed by atoms with Gasteiger partial charge in [0.2, 0.25) is 0 Å². The van der Waals surface area contributed by atoms with E-state index in [1.54, 1.807) is 4.68 Å². The fourth-order valence-electron chi connectivity index (χ4n) is 3.58. The van der Waals surface area contributed by atoms with Crippen LogP contribution in [0.3, 0.4) is 0 Å². The van der Waals surface area contributed by atoms with Gasteiger partial charge in [0, 0.05) is 34.9 Å². The first-order valence-electron chi connectivity index (χ1n) is 9.77. The largest absolute Gasteiger partial charge is 0.308 e. The number of rotatable bonds is 6. The molecule has 0 saturated carbocycles. The van der Waals surface area contributed by atoms with Gasteiger partial charge in [0.25, 0.3) is 0 Å². The average Bonchev–Trinajstić information content (AvgIpc) is 3.19. The molecule has 0 fully saturated rings. The van der Waals surface area contributed by atoms with Crippen molar-refractivity contribution in [3.63, 3.8) is 0 Å². The van der Waals surface area contributed by atoms with E-state index in [1.807, 2.05) is 61.0 Å². The van der Waals surface area contributed by atoms with Crippen molar-refractivity contribution in [3.05, 3.63) is 93.0 Å². The number of aryl methyl sites for hydroxylation is 2. The second kappa shape index (κ2) is 8.64. The lowest BCUT2D eigenvalue weighted by molar-refractivity contribution is 0.685. The zero-order chi connectivity index (χ0) is 21.3. The number of halogens is 2. The van der Waals surface area contributed by atoms with E-state index >= 15 is 0 Å². The Bertz CT molecular complexity index is 1180. The summed E-state index contributed by atoms with van der Waals surface area (Å²) in [5, 5.41) is 14.1. The van der Waals surface area contributed by atoms with Crippen molar-refractivity contribution in [2.75, 3.05) is 0 Å². The van der Waals surface area contributed by atoms with E-state index in [-0.39, 0.29) is 0 Å². The molecule has 0 aliphatic carbocycles. The molecule has 0 saturated heterocycles. The van der Waals surface area contributed by atoms with Crippen LogP contribution in [0.4, 0.5) is 0 Å². The number of para-hydroxylation sites is 1. The first-order valence-corrected chi connectivity index (χ1v) is 10.5. The predicted octanol–water partition coefficient (Wildman–Crippen LogP) is 5.58. The zero-order valence-corrected chi connectivity index (χ0v) is 18.7. The number of aromatic nitrogens is 4. The van der Waals surface area contributed by atoms with E-state index in [2.05, 4.69) is 29.5 Å². The molecule has 2 heterocycles. The van der Waals surface area contributed by atoms with Crippen LogP contribution in [0.15, 0.2) is 54.6 Å². The van der Waals surface area contributed by atoms with Gasteiger partial charge in [-0.05, 0) is 51.1 Å². The molecule has 0 radical (unpaired) electrons. The molecule has 0 spiro atoms. The van der Waals surface area contributed by atoms with Gasteiger partial charge in [0.1, 0.15) is 5.15 Å². The van der Waals surface area contributed by atoms with Crippen LogP contribution in [0, 0.1) is 20.8 Å². The first kappa shape index (κ1) is 20.7. The summed E-state index contributed by atoms with van der Waals surface area (Å²) < 4.78 is 3.71. The highest BCUT2D eigenvalue weighted by atomic mass is 35.5. The third-order valence-corrected chi connectivity index (χ3v) is 5.84. The first-order chi connectivity index (χ1) is 14.5. The predicted molar refractivity (Wildman–Crippen MR) is 122 cm³/mol. The van der Waals surface area contributed by atoms with Crippen molar-refractivity contribution >= 4 is 23.2 Å². The van der Waals surface area contributed by atoms with Crippen LogP contribution < -0.4 is 5.32 Å². The summed E-state index contributed by atoms with van der Waals surface area (Å²) >= 11 is 12.8. The van der Waals surface area contributed by atoms with Crippen molar-refractivity contribution < 1.29 is 0 Å². The summed E-state index contributed by atoms with van der Waals surface area (Å²) in [7, 11) is 0. The maximum Gasteiger partial charge on any atom is 0.137 e. The molecule has 0 aliphatic rings. The summed E-state index contributed by atoms with van der Waals surface area (Å²) in [5.41, 5.74) is 7.10. The van der Waals surface area contributed by atoms with Crippen molar-refractivity contribution in [2.45, 2.75) is 33.9 Å². The van der Waals surface area contributed by atoms with Crippen LogP contribution in [0.25, 0.3) is 11.4 Å². The standard InChI is InChI=1S/C23H23Cl2N5/c1-15-21(17(3)29(27-15)19-9-5-4-6-10-19)13-26-14-22-16(2)28-30(23(22)25)20-11-7-8-18(24)12-20/h4-12,26H,13-14H2,1-3H3. The molecule has 0 atom stereocenters. The Morgan fingerprint density at radius 2 is 1.40 bits per heavy atom. The lowest BCUT2D eigenvalue weighted by Gasteiger charge is -2.08. The highest BCUT2D eigenvalue weighted by molar-refractivity contribution is 6.31. The molecule has 0 unspecified atom stereocenters. The number of nitrogens with zero attached hydrogens (tertiary/aromatic N) is 4. The van der Waals surface area contributed by atoms with Gasteiger partial charge in [-0.3, -0.25) is 0 Å². The Kier molecular flexibility index (Phi) is 5.95. The smallest absolute Gasteiger partial charge is 0.137 e. The molecule has 0 amide bonds. The van der Waals surface area contributed by atoms with Crippen molar-refractivity contribution in [3.8, 4) is 11.4 Å². The summed E-state index contributed by atoms with van der Waals surface area (Å²) in [6.07, 6.45) is 0. The van der Waals surface area contributed by atoms with Crippen LogP contribution in [0.1, 0.15) is 28.2 Å². The minimum atomic E-state index is 0.593. The molecule has 2 aromatic heterocycles. The molecule has 5 nitrogen and oxygen atoms in total.